The Morgan fingerprint density at radius 1 is 1.38 bits per heavy atom. The zero-order valence-corrected chi connectivity index (χ0v) is 8.54. The Bertz CT molecular complexity index is 300. The molecule has 1 saturated carbocycles. The minimum absolute atomic E-state index is 0.548. The second-order valence-corrected chi connectivity index (χ2v) is 4.74. The Morgan fingerprint density at radius 3 is 2.54 bits per heavy atom. The standard InChI is InChI=1S/C11H16N2/c1-8-6-13-10(7-12-8)4-9-5-11(9,2)3/h6-7,9H,4-5H2,1-3H3. The van der Waals surface area contributed by atoms with Gasteiger partial charge in [0.1, 0.15) is 0 Å². The highest BCUT2D eigenvalue weighted by Gasteiger charge is 2.45. The van der Waals surface area contributed by atoms with Gasteiger partial charge in [0.15, 0.2) is 0 Å². The summed E-state index contributed by atoms with van der Waals surface area (Å²) >= 11 is 0. The van der Waals surface area contributed by atoms with Crippen LogP contribution in [0.25, 0.3) is 0 Å². The number of hydrogen-bond acceptors (Lipinski definition) is 2. The molecule has 0 aromatic carbocycles. The van der Waals surface area contributed by atoms with Crippen LogP contribution in [0.15, 0.2) is 12.4 Å². The molecule has 70 valence electrons. The highest BCUT2D eigenvalue weighted by Crippen LogP contribution is 2.52. The fraction of sp³-hybridized carbons (Fsp3) is 0.636. The quantitative estimate of drug-likeness (QED) is 0.691. The van der Waals surface area contributed by atoms with E-state index >= 15 is 0 Å². The lowest BCUT2D eigenvalue weighted by molar-refractivity contribution is 0.553. The zero-order chi connectivity index (χ0) is 9.47. The number of aryl methyl sites for hydroxylation is 1. The monoisotopic (exact) mass is 176 g/mol. The molecule has 2 rings (SSSR count). The summed E-state index contributed by atoms with van der Waals surface area (Å²) in [5, 5.41) is 0. The molecule has 1 aromatic heterocycles. The summed E-state index contributed by atoms with van der Waals surface area (Å²) in [6.45, 7) is 6.61. The van der Waals surface area contributed by atoms with E-state index in [2.05, 4.69) is 23.8 Å². The van der Waals surface area contributed by atoms with Gasteiger partial charge in [0.2, 0.25) is 0 Å². The van der Waals surface area contributed by atoms with Crippen LogP contribution in [0.5, 0.6) is 0 Å². The van der Waals surface area contributed by atoms with Crippen LogP contribution in [0.3, 0.4) is 0 Å². The van der Waals surface area contributed by atoms with E-state index in [0.717, 1.165) is 23.7 Å². The molecular weight excluding hydrogens is 160 g/mol. The average Bonchev–Trinajstić information content (AvgIpc) is 2.64. The van der Waals surface area contributed by atoms with Crippen molar-refractivity contribution in [1.29, 1.82) is 0 Å². The van der Waals surface area contributed by atoms with Crippen molar-refractivity contribution < 1.29 is 0 Å². The molecule has 2 heteroatoms. The molecule has 1 aliphatic carbocycles. The van der Waals surface area contributed by atoms with Gasteiger partial charge in [0, 0.05) is 12.4 Å². The minimum atomic E-state index is 0.548. The first-order valence-electron chi connectivity index (χ1n) is 4.85. The van der Waals surface area contributed by atoms with Gasteiger partial charge in [-0.3, -0.25) is 9.97 Å². The molecular formula is C11H16N2. The number of aromatic nitrogens is 2. The summed E-state index contributed by atoms with van der Waals surface area (Å²) in [5.74, 6) is 0.824. The van der Waals surface area contributed by atoms with Gasteiger partial charge < -0.3 is 0 Å². The van der Waals surface area contributed by atoms with Crippen molar-refractivity contribution in [2.45, 2.75) is 33.6 Å². The van der Waals surface area contributed by atoms with Crippen molar-refractivity contribution in [3.05, 3.63) is 23.8 Å². The molecule has 0 amide bonds. The average molecular weight is 176 g/mol. The summed E-state index contributed by atoms with van der Waals surface area (Å²) in [6, 6.07) is 0. The second-order valence-electron chi connectivity index (χ2n) is 4.74. The van der Waals surface area contributed by atoms with Gasteiger partial charge in [-0.25, -0.2) is 0 Å². The lowest BCUT2D eigenvalue weighted by Gasteiger charge is -2.02. The first kappa shape index (κ1) is 8.67. The van der Waals surface area contributed by atoms with Gasteiger partial charge in [0.05, 0.1) is 11.4 Å². The molecule has 1 aromatic rings. The van der Waals surface area contributed by atoms with Gasteiger partial charge in [-0.15, -0.1) is 0 Å². The minimum Gasteiger partial charge on any atom is -0.258 e. The molecule has 1 atom stereocenters. The van der Waals surface area contributed by atoms with E-state index < -0.39 is 0 Å². The smallest absolute Gasteiger partial charge is 0.0589 e. The topological polar surface area (TPSA) is 25.8 Å². The molecule has 0 bridgehead atoms. The van der Waals surface area contributed by atoms with E-state index in [9.17, 15) is 0 Å². The molecule has 2 nitrogen and oxygen atoms in total. The molecule has 0 aliphatic heterocycles. The number of nitrogens with zero attached hydrogens (tertiary/aromatic N) is 2. The predicted molar refractivity (Wildman–Crippen MR) is 52.4 cm³/mol. The first-order valence-corrected chi connectivity index (χ1v) is 4.85. The largest absolute Gasteiger partial charge is 0.258 e. The molecule has 1 fully saturated rings. The Hall–Kier alpha value is -0.920. The van der Waals surface area contributed by atoms with Gasteiger partial charge in [-0.05, 0) is 31.1 Å². The maximum absolute atomic E-state index is 4.36. The van der Waals surface area contributed by atoms with Crippen LogP contribution in [-0.4, -0.2) is 9.97 Å². The SMILES string of the molecule is Cc1cnc(CC2CC2(C)C)cn1. The van der Waals surface area contributed by atoms with E-state index in [1.807, 2.05) is 19.3 Å². The van der Waals surface area contributed by atoms with Crippen molar-refractivity contribution in [3.63, 3.8) is 0 Å². The summed E-state index contributed by atoms with van der Waals surface area (Å²) in [6.07, 6.45) is 6.19. The van der Waals surface area contributed by atoms with E-state index in [1.54, 1.807) is 0 Å². The van der Waals surface area contributed by atoms with E-state index in [-0.39, 0.29) is 0 Å². The van der Waals surface area contributed by atoms with Crippen LogP contribution >= 0.6 is 0 Å². The van der Waals surface area contributed by atoms with E-state index in [0.29, 0.717) is 5.41 Å². The van der Waals surface area contributed by atoms with Gasteiger partial charge in [0.25, 0.3) is 0 Å². The molecule has 1 unspecified atom stereocenters. The van der Waals surface area contributed by atoms with Crippen molar-refractivity contribution in [2.75, 3.05) is 0 Å². The van der Waals surface area contributed by atoms with Crippen LogP contribution in [0, 0.1) is 18.3 Å². The Labute approximate surface area is 79.4 Å². The van der Waals surface area contributed by atoms with Crippen LogP contribution < -0.4 is 0 Å². The summed E-state index contributed by atoms with van der Waals surface area (Å²) in [5.41, 5.74) is 2.69. The number of rotatable bonds is 2. The van der Waals surface area contributed by atoms with Gasteiger partial charge >= 0.3 is 0 Å². The Balaban J connectivity index is 2.00. The van der Waals surface area contributed by atoms with Crippen molar-refractivity contribution in [2.24, 2.45) is 11.3 Å². The lowest BCUT2D eigenvalue weighted by Crippen LogP contribution is -1.98. The summed E-state index contributed by atoms with van der Waals surface area (Å²) in [4.78, 5) is 8.61. The molecule has 1 heterocycles. The maximum atomic E-state index is 4.36. The zero-order valence-electron chi connectivity index (χ0n) is 8.54. The normalized spacial score (nSPS) is 24.4. The summed E-state index contributed by atoms with van der Waals surface area (Å²) in [7, 11) is 0. The molecule has 0 radical (unpaired) electrons. The van der Waals surface area contributed by atoms with Crippen LogP contribution in [0.4, 0.5) is 0 Å². The maximum Gasteiger partial charge on any atom is 0.0589 e. The van der Waals surface area contributed by atoms with E-state index in [1.165, 1.54) is 6.42 Å². The predicted octanol–water partition coefficient (Wildman–Crippen LogP) is 2.37. The van der Waals surface area contributed by atoms with Crippen molar-refractivity contribution in [3.8, 4) is 0 Å². The van der Waals surface area contributed by atoms with Gasteiger partial charge in [-0.2, -0.15) is 0 Å². The third kappa shape index (κ3) is 1.87. The Kier molecular flexibility index (Phi) is 1.86. The summed E-state index contributed by atoms with van der Waals surface area (Å²) < 4.78 is 0. The molecule has 0 spiro atoms. The fourth-order valence-electron chi connectivity index (χ4n) is 1.70. The first-order chi connectivity index (χ1) is 6.08. The van der Waals surface area contributed by atoms with Crippen molar-refractivity contribution in [1.82, 2.24) is 9.97 Å². The Morgan fingerprint density at radius 2 is 2.08 bits per heavy atom. The van der Waals surface area contributed by atoms with Crippen LogP contribution in [0.2, 0.25) is 0 Å². The van der Waals surface area contributed by atoms with Crippen molar-refractivity contribution >= 4 is 0 Å². The second kappa shape index (κ2) is 2.79. The van der Waals surface area contributed by atoms with Crippen LogP contribution in [0.1, 0.15) is 31.7 Å². The molecule has 0 N–H and O–H groups in total. The van der Waals surface area contributed by atoms with E-state index in [4.69, 9.17) is 0 Å². The highest BCUT2D eigenvalue weighted by atomic mass is 14.8. The molecule has 0 saturated heterocycles. The number of hydrogen-bond donors (Lipinski definition) is 0. The van der Waals surface area contributed by atoms with Gasteiger partial charge in [-0.1, -0.05) is 13.8 Å². The third-order valence-electron chi connectivity index (χ3n) is 3.01. The van der Waals surface area contributed by atoms with Crippen LogP contribution in [-0.2, 0) is 6.42 Å². The highest BCUT2D eigenvalue weighted by molar-refractivity contribution is 5.07. The fourth-order valence-corrected chi connectivity index (χ4v) is 1.70. The third-order valence-corrected chi connectivity index (χ3v) is 3.01. The lowest BCUT2D eigenvalue weighted by atomic mass is 10.1. The molecule has 13 heavy (non-hydrogen) atoms. The molecule has 1 aliphatic rings.